The zero-order valence-corrected chi connectivity index (χ0v) is 15.8. The van der Waals surface area contributed by atoms with E-state index in [-0.39, 0.29) is 33.9 Å². The topological polar surface area (TPSA) is 66.5 Å². The van der Waals surface area contributed by atoms with Crippen molar-refractivity contribution in [2.24, 2.45) is 5.92 Å². The second kappa shape index (κ2) is 8.87. The van der Waals surface area contributed by atoms with Gasteiger partial charge in [-0.3, -0.25) is 4.79 Å². The predicted octanol–water partition coefficient (Wildman–Crippen LogP) is 3.17. The quantitative estimate of drug-likeness (QED) is 0.752. The molecule has 0 saturated heterocycles. The fourth-order valence-electron chi connectivity index (χ4n) is 1.90. The molecule has 1 N–H and O–H groups in total. The normalized spacial score (nSPS) is 12.0. The number of nitrogens with zero attached hydrogens (tertiary/aromatic N) is 1. The largest absolute Gasteiger partial charge is 0.355 e. The summed E-state index contributed by atoms with van der Waals surface area (Å²) in [6.45, 7) is 6.19. The number of halogens is 2. The summed E-state index contributed by atoms with van der Waals surface area (Å²) in [6.07, 6.45) is 0.838. The first-order valence-corrected chi connectivity index (χ1v) is 9.60. The van der Waals surface area contributed by atoms with Crippen LogP contribution in [-0.4, -0.2) is 38.3 Å². The lowest BCUT2D eigenvalue weighted by atomic mass is 10.1. The molecule has 0 fully saturated rings. The summed E-state index contributed by atoms with van der Waals surface area (Å²) in [7, 11) is -3.88. The van der Waals surface area contributed by atoms with Gasteiger partial charge in [0.25, 0.3) is 0 Å². The molecule has 0 aliphatic heterocycles. The number of likely N-dealkylation sites (N-methyl/N-ethyl adjacent to an activating group) is 1. The summed E-state index contributed by atoms with van der Waals surface area (Å²) in [5, 5.41) is 3.07. The number of hydrogen-bond donors (Lipinski definition) is 1. The van der Waals surface area contributed by atoms with Gasteiger partial charge in [0, 0.05) is 18.1 Å². The molecule has 1 amide bonds. The highest BCUT2D eigenvalue weighted by atomic mass is 35.5. The molecule has 0 radical (unpaired) electrons. The van der Waals surface area contributed by atoms with E-state index in [0.29, 0.717) is 12.5 Å². The molecule has 0 bridgehead atoms. The number of benzene rings is 1. The molecule has 0 aromatic heterocycles. The fourth-order valence-corrected chi connectivity index (χ4v) is 4.04. The van der Waals surface area contributed by atoms with Crippen LogP contribution in [0.15, 0.2) is 23.1 Å². The van der Waals surface area contributed by atoms with E-state index in [1.807, 2.05) is 0 Å². The Hall–Kier alpha value is -0.820. The van der Waals surface area contributed by atoms with Crippen molar-refractivity contribution in [2.45, 2.75) is 32.1 Å². The molecule has 23 heavy (non-hydrogen) atoms. The predicted molar refractivity (Wildman–Crippen MR) is 93.4 cm³/mol. The molecule has 0 spiro atoms. The molecule has 0 aliphatic carbocycles. The first kappa shape index (κ1) is 20.2. The fraction of sp³-hybridized carbons (Fsp3) is 0.533. The Morgan fingerprint density at radius 1 is 1.30 bits per heavy atom. The first-order valence-electron chi connectivity index (χ1n) is 7.40. The Bertz CT molecular complexity index is 648. The third kappa shape index (κ3) is 5.95. The van der Waals surface area contributed by atoms with Crippen LogP contribution in [0.2, 0.25) is 10.0 Å². The maximum absolute atomic E-state index is 12.7. The van der Waals surface area contributed by atoms with Crippen molar-refractivity contribution < 1.29 is 13.2 Å². The minimum Gasteiger partial charge on any atom is -0.355 e. The van der Waals surface area contributed by atoms with Gasteiger partial charge in [-0.1, -0.05) is 44.0 Å². The minimum absolute atomic E-state index is 0.0769. The lowest BCUT2D eigenvalue weighted by Crippen LogP contribution is -2.41. The van der Waals surface area contributed by atoms with Gasteiger partial charge in [0.15, 0.2) is 0 Å². The van der Waals surface area contributed by atoms with E-state index >= 15 is 0 Å². The number of nitrogens with one attached hydrogen (secondary N) is 1. The Labute approximate surface area is 148 Å². The van der Waals surface area contributed by atoms with Crippen LogP contribution in [-0.2, 0) is 14.8 Å². The van der Waals surface area contributed by atoms with Crippen LogP contribution in [0.25, 0.3) is 0 Å². The van der Waals surface area contributed by atoms with E-state index < -0.39 is 10.0 Å². The van der Waals surface area contributed by atoms with Crippen molar-refractivity contribution in [3.05, 3.63) is 28.2 Å². The van der Waals surface area contributed by atoms with Gasteiger partial charge < -0.3 is 5.32 Å². The molecular weight excluding hydrogens is 359 g/mol. The van der Waals surface area contributed by atoms with E-state index in [9.17, 15) is 13.2 Å². The molecule has 130 valence electrons. The summed E-state index contributed by atoms with van der Waals surface area (Å²) in [5.41, 5.74) is 0. The van der Waals surface area contributed by atoms with Gasteiger partial charge in [-0.25, -0.2) is 8.42 Å². The lowest BCUT2D eigenvalue weighted by Gasteiger charge is -2.21. The Kier molecular flexibility index (Phi) is 7.80. The van der Waals surface area contributed by atoms with Crippen LogP contribution < -0.4 is 5.32 Å². The summed E-state index contributed by atoms with van der Waals surface area (Å²) in [4.78, 5) is 11.9. The van der Waals surface area contributed by atoms with Crippen molar-refractivity contribution in [1.29, 1.82) is 0 Å². The van der Waals surface area contributed by atoms with Crippen molar-refractivity contribution in [3.63, 3.8) is 0 Å². The Morgan fingerprint density at radius 3 is 2.52 bits per heavy atom. The second-order valence-corrected chi connectivity index (χ2v) is 8.29. The van der Waals surface area contributed by atoms with Crippen molar-refractivity contribution >= 4 is 39.1 Å². The molecule has 0 atom stereocenters. The SMILES string of the molecule is CCN(CC(=O)NCCC(C)C)S(=O)(=O)c1cc(Cl)ccc1Cl. The van der Waals surface area contributed by atoms with Crippen LogP contribution in [0.5, 0.6) is 0 Å². The number of rotatable bonds is 8. The molecule has 0 saturated carbocycles. The summed E-state index contributed by atoms with van der Waals surface area (Å²) in [6, 6.07) is 4.23. The molecule has 0 unspecified atom stereocenters. The highest BCUT2D eigenvalue weighted by Gasteiger charge is 2.27. The molecule has 1 aromatic rings. The summed E-state index contributed by atoms with van der Waals surface area (Å²) in [5.74, 6) is 0.126. The van der Waals surface area contributed by atoms with Crippen molar-refractivity contribution in [3.8, 4) is 0 Å². The zero-order valence-electron chi connectivity index (χ0n) is 13.5. The second-order valence-electron chi connectivity index (χ2n) is 5.54. The maximum Gasteiger partial charge on any atom is 0.245 e. The molecule has 0 heterocycles. The molecular formula is C15H22Cl2N2O3S. The van der Waals surface area contributed by atoms with E-state index in [4.69, 9.17) is 23.2 Å². The van der Waals surface area contributed by atoms with Crippen LogP contribution in [0.3, 0.4) is 0 Å². The minimum atomic E-state index is -3.88. The van der Waals surface area contributed by atoms with E-state index in [2.05, 4.69) is 19.2 Å². The monoisotopic (exact) mass is 380 g/mol. The van der Waals surface area contributed by atoms with Gasteiger partial charge in [-0.05, 0) is 30.5 Å². The molecule has 0 aliphatic rings. The van der Waals surface area contributed by atoms with Gasteiger partial charge in [-0.15, -0.1) is 0 Å². The number of sulfonamides is 1. The Balaban J connectivity index is 2.87. The third-order valence-corrected chi connectivity index (χ3v) is 5.87. The van der Waals surface area contributed by atoms with Crippen molar-refractivity contribution in [1.82, 2.24) is 9.62 Å². The summed E-state index contributed by atoms with van der Waals surface area (Å²) < 4.78 is 26.4. The van der Waals surface area contributed by atoms with Gasteiger partial charge in [0.2, 0.25) is 15.9 Å². The van der Waals surface area contributed by atoms with Crippen LogP contribution in [0.1, 0.15) is 27.2 Å². The van der Waals surface area contributed by atoms with Gasteiger partial charge in [0.1, 0.15) is 4.90 Å². The molecule has 8 heteroatoms. The lowest BCUT2D eigenvalue weighted by molar-refractivity contribution is -0.121. The van der Waals surface area contributed by atoms with Gasteiger partial charge in [-0.2, -0.15) is 4.31 Å². The molecule has 1 rings (SSSR count). The number of hydrogen-bond acceptors (Lipinski definition) is 3. The number of amides is 1. The van der Waals surface area contributed by atoms with E-state index in [0.717, 1.165) is 10.7 Å². The number of carbonyl (C=O) groups excluding carboxylic acids is 1. The van der Waals surface area contributed by atoms with Gasteiger partial charge >= 0.3 is 0 Å². The maximum atomic E-state index is 12.7. The summed E-state index contributed by atoms with van der Waals surface area (Å²) >= 11 is 11.8. The smallest absolute Gasteiger partial charge is 0.245 e. The van der Waals surface area contributed by atoms with Gasteiger partial charge in [0.05, 0.1) is 11.6 Å². The molecule has 5 nitrogen and oxygen atoms in total. The van der Waals surface area contributed by atoms with Crippen LogP contribution >= 0.6 is 23.2 Å². The first-order chi connectivity index (χ1) is 10.7. The van der Waals surface area contributed by atoms with Crippen molar-refractivity contribution in [2.75, 3.05) is 19.6 Å². The zero-order chi connectivity index (χ0) is 17.6. The average Bonchev–Trinajstić information content (AvgIpc) is 2.46. The average molecular weight is 381 g/mol. The highest BCUT2D eigenvalue weighted by Crippen LogP contribution is 2.27. The number of carbonyl (C=O) groups is 1. The highest BCUT2D eigenvalue weighted by molar-refractivity contribution is 7.89. The standard InChI is InChI=1S/C15H22Cl2N2O3S/c1-4-19(10-15(20)18-8-7-11(2)3)23(21,22)14-9-12(16)5-6-13(14)17/h5-6,9,11H,4,7-8,10H2,1-3H3,(H,18,20). The van der Waals surface area contributed by atoms with Crippen LogP contribution in [0, 0.1) is 5.92 Å². The van der Waals surface area contributed by atoms with Crippen LogP contribution in [0.4, 0.5) is 0 Å². The Morgan fingerprint density at radius 2 is 1.96 bits per heavy atom. The third-order valence-electron chi connectivity index (χ3n) is 3.23. The molecule has 1 aromatic carbocycles. The van der Waals surface area contributed by atoms with E-state index in [1.54, 1.807) is 6.92 Å². The van der Waals surface area contributed by atoms with E-state index in [1.165, 1.54) is 18.2 Å².